The Bertz CT molecular complexity index is 1370. The van der Waals surface area contributed by atoms with Crippen molar-refractivity contribution >= 4 is 52.1 Å². The van der Waals surface area contributed by atoms with Gasteiger partial charge in [0.25, 0.3) is 0 Å². The molecule has 1 aliphatic rings. The quantitative estimate of drug-likeness (QED) is 0.384. The van der Waals surface area contributed by atoms with E-state index in [2.05, 4.69) is 15.0 Å². The van der Waals surface area contributed by atoms with Crippen LogP contribution in [0.5, 0.6) is 0 Å². The zero-order valence-corrected chi connectivity index (χ0v) is 22.3. The lowest BCUT2D eigenvalue weighted by Gasteiger charge is -2.16. The predicted octanol–water partition coefficient (Wildman–Crippen LogP) is 4.81. The van der Waals surface area contributed by atoms with E-state index in [0.29, 0.717) is 34.2 Å². The second-order valence-corrected chi connectivity index (χ2v) is 9.67. The van der Waals surface area contributed by atoms with E-state index in [-0.39, 0.29) is 24.8 Å². The van der Waals surface area contributed by atoms with Gasteiger partial charge in [0.2, 0.25) is 11.8 Å². The third-order valence-corrected chi connectivity index (χ3v) is 6.94. The number of amidine groups is 1. The molecule has 1 atom stereocenters. The van der Waals surface area contributed by atoms with E-state index in [0.717, 1.165) is 5.56 Å². The lowest BCUT2D eigenvalue weighted by Crippen LogP contribution is -2.33. The van der Waals surface area contributed by atoms with Crippen LogP contribution in [0.4, 0.5) is 11.4 Å². The molecular formula is C29H27N3O6S. The molecule has 1 aliphatic heterocycles. The highest BCUT2D eigenvalue weighted by Gasteiger charge is 2.39. The zero-order valence-electron chi connectivity index (χ0n) is 21.5. The Kier molecular flexibility index (Phi) is 9.11. The smallest absolute Gasteiger partial charge is 0.338 e. The van der Waals surface area contributed by atoms with Crippen LogP contribution in [-0.2, 0) is 25.6 Å². The van der Waals surface area contributed by atoms with E-state index < -0.39 is 17.2 Å². The van der Waals surface area contributed by atoms with Gasteiger partial charge in [0.15, 0.2) is 5.17 Å². The fourth-order valence-corrected chi connectivity index (χ4v) is 4.98. The van der Waals surface area contributed by atoms with Gasteiger partial charge in [0.05, 0.1) is 37.1 Å². The minimum atomic E-state index is -0.666. The minimum absolute atomic E-state index is 0.0612. The average molecular weight is 546 g/mol. The molecule has 1 N–H and O–H groups in total. The molecule has 3 aromatic carbocycles. The number of carbonyl (C=O) groups is 4. The molecule has 1 unspecified atom stereocenters. The second kappa shape index (κ2) is 12.9. The van der Waals surface area contributed by atoms with Crippen molar-refractivity contribution in [3.63, 3.8) is 0 Å². The first-order valence-electron chi connectivity index (χ1n) is 12.2. The fourth-order valence-electron chi connectivity index (χ4n) is 3.82. The highest BCUT2D eigenvalue weighted by Crippen LogP contribution is 2.33. The third-order valence-electron chi connectivity index (χ3n) is 5.77. The van der Waals surface area contributed by atoms with Crippen LogP contribution in [0.1, 0.15) is 39.6 Å². The van der Waals surface area contributed by atoms with Gasteiger partial charge < -0.3 is 14.8 Å². The molecule has 39 heavy (non-hydrogen) atoms. The van der Waals surface area contributed by atoms with Crippen LogP contribution < -0.4 is 5.32 Å². The van der Waals surface area contributed by atoms with Crippen LogP contribution in [0.2, 0.25) is 0 Å². The van der Waals surface area contributed by atoms with Gasteiger partial charge in [-0.1, -0.05) is 42.1 Å². The average Bonchev–Trinajstić information content (AvgIpc) is 3.22. The number of anilines is 1. The molecule has 0 saturated carbocycles. The molecule has 0 spiro atoms. The summed E-state index contributed by atoms with van der Waals surface area (Å²) in [5, 5.41) is 2.57. The van der Waals surface area contributed by atoms with E-state index in [1.54, 1.807) is 60.4 Å². The van der Waals surface area contributed by atoms with Crippen molar-refractivity contribution in [2.24, 2.45) is 4.99 Å². The first-order chi connectivity index (χ1) is 18.9. The van der Waals surface area contributed by atoms with E-state index >= 15 is 0 Å². The minimum Gasteiger partial charge on any atom is -0.465 e. The van der Waals surface area contributed by atoms with Gasteiger partial charge in [0.1, 0.15) is 5.25 Å². The highest BCUT2D eigenvalue weighted by molar-refractivity contribution is 8.15. The number of methoxy groups -OCH3 is 1. The Balaban J connectivity index is 1.50. The number of aliphatic imine (C=N–C) groups is 1. The van der Waals surface area contributed by atoms with Crippen molar-refractivity contribution in [3.05, 3.63) is 95.6 Å². The Labute approximate surface area is 230 Å². The van der Waals surface area contributed by atoms with E-state index in [1.807, 2.05) is 30.3 Å². The Hall–Kier alpha value is -4.44. The number of carbonyl (C=O) groups excluding carboxylic acids is 4. The first kappa shape index (κ1) is 27.6. The Morgan fingerprint density at radius 1 is 0.923 bits per heavy atom. The molecule has 0 bridgehead atoms. The van der Waals surface area contributed by atoms with Crippen molar-refractivity contribution in [1.29, 1.82) is 0 Å². The zero-order chi connectivity index (χ0) is 27.8. The number of amides is 2. The number of nitrogens with one attached hydrogen (secondary N) is 1. The molecule has 1 heterocycles. The molecule has 0 aliphatic carbocycles. The van der Waals surface area contributed by atoms with E-state index in [9.17, 15) is 19.2 Å². The summed E-state index contributed by atoms with van der Waals surface area (Å²) in [7, 11) is 1.30. The van der Waals surface area contributed by atoms with Crippen molar-refractivity contribution in [2.75, 3.05) is 19.0 Å². The Morgan fingerprint density at radius 3 is 2.21 bits per heavy atom. The van der Waals surface area contributed by atoms with Gasteiger partial charge in [-0.05, 0) is 61.0 Å². The molecule has 1 fully saturated rings. The van der Waals surface area contributed by atoms with Gasteiger partial charge in [-0.25, -0.2) is 14.6 Å². The summed E-state index contributed by atoms with van der Waals surface area (Å²) in [6.45, 7) is 2.33. The summed E-state index contributed by atoms with van der Waals surface area (Å²) in [6, 6.07) is 22.4. The standard InChI is InChI=1S/C29H27N3O6S/c1-3-38-28(36)21-11-15-23(16-12-21)31-29-32(18-19-7-5-4-6-8-19)26(34)24(39-29)17-25(33)30-22-13-9-20(10-14-22)27(35)37-2/h4-16,24H,3,17-18H2,1-2H3,(H,30,33). The number of hydrogen-bond acceptors (Lipinski definition) is 8. The summed E-state index contributed by atoms with van der Waals surface area (Å²) in [6.07, 6.45) is -0.0612. The Morgan fingerprint density at radius 2 is 1.56 bits per heavy atom. The number of thioether (sulfide) groups is 1. The van der Waals surface area contributed by atoms with Crippen LogP contribution in [0.25, 0.3) is 0 Å². The molecule has 10 heteroatoms. The van der Waals surface area contributed by atoms with Crippen molar-refractivity contribution in [2.45, 2.75) is 25.1 Å². The molecule has 4 rings (SSSR count). The second-order valence-electron chi connectivity index (χ2n) is 8.50. The molecule has 0 radical (unpaired) electrons. The van der Waals surface area contributed by atoms with E-state index in [4.69, 9.17) is 4.74 Å². The first-order valence-corrected chi connectivity index (χ1v) is 13.1. The largest absolute Gasteiger partial charge is 0.465 e. The number of ether oxygens (including phenoxy) is 2. The monoisotopic (exact) mass is 545 g/mol. The lowest BCUT2D eigenvalue weighted by atomic mass is 10.2. The SMILES string of the molecule is CCOC(=O)c1ccc(N=C2SC(CC(=O)Nc3ccc(C(=O)OC)cc3)C(=O)N2Cc2ccccc2)cc1. The maximum atomic E-state index is 13.4. The van der Waals surface area contributed by atoms with Gasteiger partial charge in [-0.2, -0.15) is 0 Å². The molecule has 0 aromatic heterocycles. The maximum absolute atomic E-state index is 13.4. The summed E-state index contributed by atoms with van der Waals surface area (Å²) < 4.78 is 9.71. The number of hydrogen-bond donors (Lipinski definition) is 1. The summed E-state index contributed by atoms with van der Waals surface area (Å²) >= 11 is 1.22. The fraction of sp³-hybridized carbons (Fsp3) is 0.207. The third kappa shape index (κ3) is 7.11. The topological polar surface area (TPSA) is 114 Å². The van der Waals surface area contributed by atoms with Crippen molar-refractivity contribution in [3.8, 4) is 0 Å². The van der Waals surface area contributed by atoms with Crippen LogP contribution in [-0.4, -0.2) is 52.8 Å². The number of esters is 2. The summed E-state index contributed by atoms with van der Waals surface area (Å²) in [5.41, 5.74) is 2.76. The van der Waals surface area contributed by atoms with Crippen LogP contribution in [0.3, 0.4) is 0 Å². The van der Waals surface area contributed by atoms with Crippen molar-refractivity contribution in [1.82, 2.24) is 4.90 Å². The number of rotatable bonds is 9. The lowest BCUT2D eigenvalue weighted by molar-refractivity contribution is -0.128. The molecule has 1 saturated heterocycles. The van der Waals surface area contributed by atoms with Gasteiger partial charge >= 0.3 is 11.9 Å². The summed E-state index contributed by atoms with van der Waals surface area (Å²) in [4.78, 5) is 56.0. The van der Waals surface area contributed by atoms with Gasteiger partial charge in [0, 0.05) is 12.1 Å². The van der Waals surface area contributed by atoms with Crippen LogP contribution in [0.15, 0.2) is 83.9 Å². The van der Waals surface area contributed by atoms with Crippen molar-refractivity contribution < 1.29 is 28.7 Å². The molecule has 2 amide bonds. The molecule has 9 nitrogen and oxygen atoms in total. The van der Waals surface area contributed by atoms with Crippen LogP contribution in [0, 0.1) is 0 Å². The molecule has 200 valence electrons. The predicted molar refractivity (Wildman–Crippen MR) is 149 cm³/mol. The van der Waals surface area contributed by atoms with Crippen LogP contribution >= 0.6 is 11.8 Å². The molecular weight excluding hydrogens is 518 g/mol. The normalized spacial score (nSPS) is 15.7. The highest BCUT2D eigenvalue weighted by atomic mass is 32.2. The van der Waals surface area contributed by atoms with E-state index in [1.165, 1.54) is 18.9 Å². The summed E-state index contributed by atoms with van der Waals surface area (Å²) in [5.74, 6) is -1.45. The maximum Gasteiger partial charge on any atom is 0.338 e. The van der Waals surface area contributed by atoms with Gasteiger partial charge in [-0.15, -0.1) is 0 Å². The van der Waals surface area contributed by atoms with Gasteiger partial charge in [-0.3, -0.25) is 14.5 Å². The molecule has 3 aromatic rings. The number of nitrogens with zero attached hydrogens (tertiary/aromatic N) is 2. The number of benzene rings is 3.